The minimum absolute atomic E-state index is 0.566. The lowest BCUT2D eigenvalue weighted by atomic mass is 10.1. The van der Waals surface area contributed by atoms with E-state index in [1.54, 1.807) is 4.68 Å². The van der Waals surface area contributed by atoms with Crippen LogP contribution in [0.25, 0.3) is 17.1 Å². The number of hydrogen-bond acceptors (Lipinski definition) is 5. The van der Waals surface area contributed by atoms with Gasteiger partial charge in [-0.05, 0) is 40.6 Å². The molecule has 7 heteroatoms. The Morgan fingerprint density at radius 3 is 2.95 bits per heavy atom. The highest BCUT2D eigenvalue weighted by Gasteiger charge is 2.11. The molecule has 0 aliphatic heterocycles. The van der Waals surface area contributed by atoms with Gasteiger partial charge in [0, 0.05) is 17.4 Å². The van der Waals surface area contributed by atoms with E-state index in [-0.39, 0.29) is 0 Å². The molecule has 3 aromatic rings. The van der Waals surface area contributed by atoms with Crippen LogP contribution in [0.3, 0.4) is 0 Å². The van der Waals surface area contributed by atoms with Crippen molar-refractivity contribution in [2.24, 2.45) is 0 Å². The fourth-order valence-corrected chi connectivity index (χ4v) is 1.89. The van der Waals surface area contributed by atoms with Gasteiger partial charge in [0.1, 0.15) is 0 Å². The van der Waals surface area contributed by atoms with Crippen molar-refractivity contribution in [3.8, 4) is 17.1 Å². The molecule has 0 bridgehead atoms. The summed E-state index contributed by atoms with van der Waals surface area (Å²) >= 11 is 0. The Labute approximate surface area is 109 Å². The molecular weight excluding hydrogens is 242 g/mol. The van der Waals surface area contributed by atoms with Crippen molar-refractivity contribution in [1.82, 2.24) is 30.4 Å². The van der Waals surface area contributed by atoms with Crippen molar-refractivity contribution in [2.45, 2.75) is 13.3 Å². The molecular formula is C12H13N7. The monoisotopic (exact) mass is 255 g/mol. The lowest BCUT2D eigenvalue weighted by Crippen LogP contribution is -1.99. The SMILES string of the molecule is CCc1cnn(-c2ccc(N)cc2-c2nnn[nH]2)c1. The number of anilines is 1. The lowest BCUT2D eigenvalue weighted by molar-refractivity contribution is 0.879. The van der Waals surface area contributed by atoms with E-state index in [0.717, 1.165) is 17.7 Å². The van der Waals surface area contributed by atoms with Crippen molar-refractivity contribution in [2.75, 3.05) is 5.73 Å². The largest absolute Gasteiger partial charge is 0.399 e. The van der Waals surface area contributed by atoms with Crippen LogP contribution in [0.4, 0.5) is 5.69 Å². The number of aryl methyl sites for hydroxylation is 1. The van der Waals surface area contributed by atoms with Crippen LogP contribution in [0.1, 0.15) is 12.5 Å². The summed E-state index contributed by atoms with van der Waals surface area (Å²) in [4.78, 5) is 0. The molecule has 3 rings (SSSR count). The number of benzene rings is 1. The highest BCUT2D eigenvalue weighted by Crippen LogP contribution is 2.25. The van der Waals surface area contributed by atoms with Crippen LogP contribution in [0, 0.1) is 0 Å². The quantitative estimate of drug-likeness (QED) is 0.685. The van der Waals surface area contributed by atoms with Crippen molar-refractivity contribution in [1.29, 1.82) is 0 Å². The summed E-state index contributed by atoms with van der Waals surface area (Å²) in [5.74, 6) is 0.566. The molecule has 0 aliphatic rings. The van der Waals surface area contributed by atoms with Gasteiger partial charge < -0.3 is 5.73 Å². The number of nitrogens with two attached hydrogens (primary N) is 1. The van der Waals surface area contributed by atoms with E-state index in [9.17, 15) is 0 Å². The van der Waals surface area contributed by atoms with E-state index < -0.39 is 0 Å². The first-order valence-corrected chi connectivity index (χ1v) is 5.95. The Balaban J connectivity index is 2.15. The normalized spacial score (nSPS) is 10.8. The van der Waals surface area contributed by atoms with Gasteiger partial charge in [0.05, 0.1) is 11.9 Å². The van der Waals surface area contributed by atoms with Gasteiger partial charge in [0.15, 0.2) is 5.82 Å². The molecule has 0 saturated carbocycles. The molecule has 19 heavy (non-hydrogen) atoms. The minimum Gasteiger partial charge on any atom is -0.399 e. The summed E-state index contributed by atoms with van der Waals surface area (Å²) in [5.41, 5.74) is 9.34. The van der Waals surface area contributed by atoms with E-state index >= 15 is 0 Å². The molecule has 0 saturated heterocycles. The number of nitrogens with zero attached hydrogens (tertiary/aromatic N) is 5. The third kappa shape index (κ3) is 2.05. The molecule has 0 amide bonds. The van der Waals surface area contributed by atoms with E-state index in [2.05, 4.69) is 32.6 Å². The van der Waals surface area contributed by atoms with Gasteiger partial charge in [-0.1, -0.05) is 6.92 Å². The smallest absolute Gasteiger partial charge is 0.181 e. The standard InChI is InChI=1S/C12H13N7/c1-2-8-6-14-19(7-8)11-4-3-9(13)5-10(11)12-15-17-18-16-12/h3-7H,2,13H2,1H3,(H,15,16,17,18). The van der Waals surface area contributed by atoms with E-state index in [4.69, 9.17) is 5.73 Å². The summed E-state index contributed by atoms with van der Waals surface area (Å²) in [6.07, 6.45) is 4.77. The van der Waals surface area contributed by atoms with Gasteiger partial charge in [-0.3, -0.25) is 0 Å². The average Bonchev–Trinajstić information content (AvgIpc) is 3.10. The number of rotatable bonds is 3. The van der Waals surface area contributed by atoms with E-state index in [1.807, 2.05) is 30.6 Å². The zero-order chi connectivity index (χ0) is 13.2. The second-order valence-corrected chi connectivity index (χ2v) is 4.17. The second-order valence-electron chi connectivity index (χ2n) is 4.17. The number of tetrazole rings is 1. The van der Waals surface area contributed by atoms with Crippen LogP contribution in [0.2, 0.25) is 0 Å². The Hall–Kier alpha value is -2.70. The first-order chi connectivity index (χ1) is 9.28. The molecule has 0 spiro atoms. The fourth-order valence-electron chi connectivity index (χ4n) is 1.89. The number of nitrogen functional groups attached to an aromatic ring is 1. The first kappa shape index (κ1) is 11.4. The van der Waals surface area contributed by atoms with Gasteiger partial charge in [-0.2, -0.15) is 5.10 Å². The molecule has 0 aliphatic carbocycles. The third-order valence-corrected chi connectivity index (χ3v) is 2.91. The Kier molecular flexibility index (Phi) is 2.71. The van der Waals surface area contributed by atoms with Gasteiger partial charge >= 0.3 is 0 Å². The van der Waals surface area contributed by atoms with Crippen LogP contribution >= 0.6 is 0 Å². The third-order valence-electron chi connectivity index (χ3n) is 2.91. The molecule has 2 aromatic heterocycles. The zero-order valence-corrected chi connectivity index (χ0v) is 10.4. The number of H-pyrrole nitrogens is 1. The van der Waals surface area contributed by atoms with Gasteiger partial charge in [0.2, 0.25) is 0 Å². The molecule has 7 nitrogen and oxygen atoms in total. The van der Waals surface area contributed by atoms with Crippen LogP contribution in [-0.4, -0.2) is 30.4 Å². The maximum atomic E-state index is 5.83. The van der Waals surface area contributed by atoms with E-state index in [0.29, 0.717) is 11.5 Å². The van der Waals surface area contributed by atoms with Crippen LogP contribution in [-0.2, 0) is 6.42 Å². The van der Waals surface area contributed by atoms with Gasteiger partial charge in [0.25, 0.3) is 0 Å². The predicted molar refractivity (Wildman–Crippen MR) is 70.5 cm³/mol. The van der Waals surface area contributed by atoms with Crippen LogP contribution in [0.15, 0.2) is 30.6 Å². The van der Waals surface area contributed by atoms with Crippen molar-refractivity contribution >= 4 is 5.69 Å². The second kappa shape index (κ2) is 4.52. The molecule has 0 radical (unpaired) electrons. The number of aromatic amines is 1. The van der Waals surface area contributed by atoms with Crippen molar-refractivity contribution in [3.63, 3.8) is 0 Å². The molecule has 0 atom stereocenters. The van der Waals surface area contributed by atoms with Crippen molar-refractivity contribution < 1.29 is 0 Å². The van der Waals surface area contributed by atoms with Gasteiger partial charge in [-0.25, -0.2) is 9.78 Å². The van der Waals surface area contributed by atoms with Gasteiger partial charge in [-0.15, -0.1) is 5.10 Å². The highest BCUT2D eigenvalue weighted by molar-refractivity contribution is 5.71. The number of aromatic nitrogens is 6. The minimum atomic E-state index is 0.566. The maximum Gasteiger partial charge on any atom is 0.181 e. The summed E-state index contributed by atoms with van der Waals surface area (Å²) in [6.45, 7) is 2.09. The number of nitrogens with one attached hydrogen (secondary N) is 1. The Morgan fingerprint density at radius 2 is 2.26 bits per heavy atom. The number of hydrogen-bond donors (Lipinski definition) is 2. The summed E-state index contributed by atoms with van der Waals surface area (Å²) < 4.78 is 1.80. The topological polar surface area (TPSA) is 98.3 Å². The van der Waals surface area contributed by atoms with Crippen LogP contribution in [0.5, 0.6) is 0 Å². The summed E-state index contributed by atoms with van der Waals surface area (Å²) in [6, 6.07) is 5.56. The molecule has 1 aromatic carbocycles. The Bertz CT molecular complexity index is 684. The fraction of sp³-hybridized carbons (Fsp3) is 0.167. The van der Waals surface area contributed by atoms with Crippen LogP contribution < -0.4 is 5.73 Å². The first-order valence-electron chi connectivity index (χ1n) is 5.95. The molecule has 0 fully saturated rings. The lowest BCUT2D eigenvalue weighted by Gasteiger charge is -2.07. The maximum absolute atomic E-state index is 5.83. The van der Waals surface area contributed by atoms with E-state index in [1.165, 1.54) is 5.56 Å². The average molecular weight is 255 g/mol. The highest BCUT2D eigenvalue weighted by atomic mass is 15.5. The predicted octanol–water partition coefficient (Wildman–Crippen LogP) is 1.20. The molecule has 2 heterocycles. The summed E-state index contributed by atoms with van der Waals surface area (Å²) in [7, 11) is 0. The van der Waals surface area contributed by atoms with Crippen molar-refractivity contribution in [3.05, 3.63) is 36.2 Å². The molecule has 0 unspecified atom stereocenters. The molecule has 3 N–H and O–H groups in total. The summed E-state index contributed by atoms with van der Waals surface area (Å²) in [5, 5.41) is 18.2. The molecule has 96 valence electrons. The zero-order valence-electron chi connectivity index (χ0n) is 10.4. The Morgan fingerprint density at radius 1 is 1.37 bits per heavy atom.